The Morgan fingerprint density at radius 1 is 1.29 bits per heavy atom. The largest absolute Gasteiger partial charge is 0.374 e. The van der Waals surface area contributed by atoms with Crippen LogP contribution in [-0.2, 0) is 6.54 Å². The number of hydrogen-bond donors (Lipinski definition) is 1. The van der Waals surface area contributed by atoms with Crippen molar-refractivity contribution in [3.8, 4) is 0 Å². The zero-order valence-corrected chi connectivity index (χ0v) is 11.6. The smallest absolute Gasteiger partial charge is 0.0364 e. The van der Waals surface area contributed by atoms with Gasteiger partial charge in [0.1, 0.15) is 0 Å². The Balaban J connectivity index is 1.82. The lowest BCUT2D eigenvalue weighted by Gasteiger charge is -2.19. The standard InChI is InChI=1S/C14H22N2S/c1-16(9-10-17-2)14-7-3-12(4-8-14)11-15-13-5-6-13/h3-4,7-8,13,15H,5-6,9-11H2,1-2H3. The normalized spacial score (nSPS) is 14.9. The van der Waals surface area contributed by atoms with E-state index in [4.69, 9.17) is 0 Å². The van der Waals surface area contributed by atoms with Crippen molar-refractivity contribution in [1.82, 2.24) is 5.32 Å². The Bertz CT molecular complexity index is 333. The third-order valence-electron chi connectivity index (χ3n) is 3.18. The molecule has 0 atom stereocenters. The van der Waals surface area contributed by atoms with Crippen molar-refractivity contribution < 1.29 is 0 Å². The number of hydrogen-bond acceptors (Lipinski definition) is 3. The Kier molecular flexibility index (Phi) is 4.75. The van der Waals surface area contributed by atoms with Crippen molar-refractivity contribution >= 4 is 17.4 Å². The molecule has 1 saturated carbocycles. The summed E-state index contributed by atoms with van der Waals surface area (Å²) in [5, 5.41) is 3.54. The Hall–Kier alpha value is -0.670. The minimum absolute atomic E-state index is 0.791. The van der Waals surface area contributed by atoms with Crippen LogP contribution in [0, 0.1) is 0 Å². The first kappa shape index (κ1) is 12.8. The van der Waals surface area contributed by atoms with Crippen LogP contribution >= 0.6 is 11.8 Å². The SMILES string of the molecule is CSCCN(C)c1ccc(CNC2CC2)cc1. The Labute approximate surface area is 109 Å². The van der Waals surface area contributed by atoms with Crippen LogP contribution in [0.3, 0.4) is 0 Å². The Morgan fingerprint density at radius 2 is 2.00 bits per heavy atom. The molecule has 0 spiro atoms. The molecular formula is C14H22N2S. The number of rotatable bonds is 7. The van der Waals surface area contributed by atoms with Crippen LogP contribution in [0.4, 0.5) is 5.69 Å². The minimum atomic E-state index is 0.791. The fourth-order valence-corrected chi connectivity index (χ4v) is 2.23. The molecule has 1 aliphatic carbocycles. The van der Waals surface area contributed by atoms with Gasteiger partial charge in [0.15, 0.2) is 0 Å². The van der Waals surface area contributed by atoms with Crippen molar-refractivity contribution in [3.63, 3.8) is 0 Å². The summed E-state index contributed by atoms with van der Waals surface area (Å²) in [7, 11) is 2.16. The molecule has 1 aromatic rings. The van der Waals surface area contributed by atoms with Gasteiger partial charge in [0.25, 0.3) is 0 Å². The quantitative estimate of drug-likeness (QED) is 0.801. The summed E-state index contributed by atoms with van der Waals surface area (Å²) in [6.07, 6.45) is 4.87. The average Bonchev–Trinajstić information content (AvgIpc) is 3.18. The van der Waals surface area contributed by atoms with Crippen molar-refractivity contribution in [2.45, 2.75) is 25.4 Å². The molecule has 1 aliphatic rings. The van der Waals surface area contributed by atoms with Crippen LogP contribution in [0.15, 0.2) is 24.3 Å². The van der Waals surface area contributed by atoms with Gasteiger partial charge in [-0.3, -0.25) is 0 Å². The zero-order valence-electron chi connectivity index (χ0n) is 10.8. The van der Waals surface area contributed by atoms with Crippen LogP contribution in [-0.4, -0.2) is 31.6 Å². The molecular weight excluding hydrogens is 228 g/mol. The van der Waals surface area contributed by atoms with Gasteiger partial charge >= 0.3 is 0 Å². The predicted octanol–water partition coefficient (Wildman–Crippen LogP) is 2.74. The van der Waals surface area contributed by atoms with E-state index >= 15 is 0 Å². The molecule has 2 nitrogen and oxygen atoms in total. The monoisotopic (exact) mass is 250 g/mol. The van der Waals surface area contributed by atoms with Crippen LogP contribution in [0.25, 0.3) is 0 Å². The first-order valence-corrected chi connectivity index (χ1v) is 7.71. The lowest BCUT2D eigenvalue weighted by molar-refractivity contribution is 0.688. The van der Waals surface area contributed by atoms with Gasteiger partial charge < -0.3 is 10.2 Å². The summed E-state index contributed by atoms with van der Waals surface area (Å²) in [5.74, 6) is 1.18. The van der Waals surface area contributed by atoms with Gasteiger partial charge in [-0.25, -0.2) is 0 Å². The molecule has 0 radical (unpaired) electrons. The molecule has 2 rings (SSSR count). The summed E-state index contributed by atoms with van der Waals surface area (Å²) >= 11 is 1.89. The van der Waals surface area contributed by atoms with Crippen LogP contribution in [0.1, 0.15) is 18.4 Å². The van der Waals surface area contributed by atoms with E-state index < -0.39 is 0 Å². The summed E-state index contributed by atoms with van der Waals surface area (Å²) in [6, 6.07) is 9.72. The second-order valence-corrected chi connectivity index (χ2v) is 5.72. The lowest BCUT2D eigenvalue weighted by atomic mass is 10.2. The van der Waals surface area contributed by atoms with E-state index in [2.05, 4.69) is 47.8 Å². The lowest BCUT2D eigenvalue weighted by Crippen LogP contribution is -2.20. The third kappa shape index (κ3) is 4.25. The third-order valence-corrected chi connectivity index (χ3v) is 3.77. The molecule has 17 heavy (non-hydrogen) atoms. The van der Waals surface area contributed by atoms with E-state index in [0.717, 1.165) is 19.1 Å². The maximum Gasteiger partial charge on any atom is 0.0364 e. The molecule has 0 heterocycles. The molecule has 0 aromatic heterocycles. The zero-order chi connectivity index (χ0) is 12.1. The van der Waals surface area contributed by atoms with E-state index in [9.17, 15) is 0 Å². The first-order valence-electron chi connectivity index (χ1n) is 6.32. The molecule has 0 bridgehead atoms. The second-order valence-electron chi connectivity index (χ2n) is 4.74. The van der Waals surface area contributed by atoms with Crippen LogP contribution in [0.2, 0.25) is 0 Å². The van der Waals surface area contributed by atoms with Gasteiger partial charge in [-0.1, -0.05) is 12.1 Å². The van der Waals surface area contributed by atoms with Crippen LogP contribution in [0.5, 0.6) is 0 Å². The molecule has 0 saturated heterocycles. The summed E-state index contributed by atoms with van der Waals surface area (Å²) in [5.41, 5.74) is 2.70. The maximum atomic E-state index is 3.54. The van der Waals surface area contributed by atoms with E-state index in [1.807, 2.05) is 11.8 Å². The van der Waals surface area contributed by atoms with Gasteiger partial charge in [0.2, 0.25) is 0 Å². The Morgan fingerprint density at radius 3 is 2.59 bits per heavy atom. The van der Waals surface area contributed by atoms with Crippen molar-refractivity contribution in [3.05, 3.63) is 29.8 Å². The molecule has 0 amide bonds. The number of nitrogens with one attached hydrogen (secondary N) is 1. The van der Waals surface area contributed by atoms with Gasteiger partial charge in [-0.2, -0.15) is 11.8 Å². The first-order chi connectivity index (χ1) is 8.29. The van der Waals surface area contributed by atoms with E-state index in [1.54, 1.807) is 0 Å². The molecule has 3 heteroatoms. The number of anilines is 1. The fourth-order valence-electron chi connectivity index (χ4n) is 1.78. The van der Waals surface area contributed by atoms with E-state index in [0.29, 0.717) is 0 Å². The highest BCUT2D eigenvalue weighted by atomic mass is 32.2. The van der Waals surface area contributed by atoms with Crippen molar-refractivity contribution in [2.24, 2.45) is 0 Å². The molecule has 1 N–H and O–H groups in total. The molecule has 0 unspecified atom stereocenters. The molecule has 0 aliphatic heterocycles. The van der Waals surface area contributed by atoms with Gasteiger partial charge in [-0.05, 0) is 36.8 Å². The summed E-state index contributed by atoms with van der Waals surface area (Å²) in [4.78, 5) is 2.31. The fraction of sp³-hybridized carbons (Fsp3) is 0.571. The summed E-state index contributed by atoms with van der Waals surface area (Å²) < 4.78 is 0. The molecule has 94 valence electrons. The molecule has 1 fully saturated rings. The number of thioether (sulfide) groups is 1. The number of benzene rings is 1. The topological polar surface area (TPSA) is 15.3 Å². The summed E-state index contributed by atoms with van der Waals surface area (Å²) in [6.45, 7) is 2.13. The van der Waals surface area contributed by atoms with Crippen LogP contribution < -0.4 is 10.2 Å². The highest BCUT2D eigenvalue weighted by molar-refractivity contribution is 7.98. The maximum absolute atomic E-state index is 3.54. The second kappa shape index (κ2) is 6.31. The highest BCUT2D eigenvalue weighted by Crippen LogP contribution is 2.20. The van der Waals surface area contributed by atoms with Crippen molar-refractivity contribution in [2.75, 3.05) is 30.5 Å². The van der Waals surface area contributed by atoms with Crippen molar-refractivity contribution in [1.29, 1.82) is 0 Å². The van der Waals surface area contributed by atoms with E-state index in [1.165, 1.54) is 29.8 Å². The molecule has 1 aromatic carbocycles. The van der Waals surface area contributed by atoms with Gasteiger partial charge in [-0.15, -0.1) is 0 Å². The predicted molar refractivity (Wildman–Crippen MR) is 78.0 cm³/mol. The van der Waals surface area contributed by atoms with Gasteiger partial charge in [0, 0.05) is 37.6 Å². The minimum Gasteiger partial charge on any atom is -0.374 e. The average molecular weight is 250 g/mol. The van der Waals surface area contributed by atoms with E-state index in [-0.39, 0.29) is 0 Å². The van der Waals surface area contributed by atoms with Gasteiger partial charge in [0.05, 0.1) is 0 Å². The number of nitrogens with zero attached hydrogens (tertiary/aromatic N) is 1. The highest BCUT2D eigenvalue weighted by Gasteiger charge is 2.19.